The normalized spacial score (nSPS) is 41.7. The molecule has 1 heteroatoms. The Bertz CT molecular complexity index is 133. The van der Waals surface area contributed by atoms with E-state index in [1.54, 1.807) is 0 Å². The predicted octanol–water partition coefficient (Wildman–Crippen LogP) is 2.17. The quantitative estimate of drug-likeness (QED) is 0.655. The molecule has 1 aliphatic heterocycles. The van der Waals surface area contributed by atoms with Crippen LogP contribution in [0.2, 0.25) is 0 Å². The van der Waals surface area contributed by atoms with Crippen molar-refractivity contribution in [3.8, 4) is 0 Å². The molecule has 2 rings (SSSR count). The van der Waals surface area contributed by atoms with Gasteiger partial charge in [-0.2, -0.15) is 0 Å². The van der Waals surface area contributed by atoms with Crippen molar-refractivity contribution < 1.29 is 0 Å². The van der Waals surface area contributed by atoms with Crippen LogP contribution in [0.3, 0.4) is 0 Å². The summed E-state index contributed by atoms with van der Waals surface area (Å²) in [6.45, 7) is 3.62. The van der Waals surface area contributed by atoms with Crippen LogP contribution in [0.5, 0.6) is 0 Å². The Balaban J connectivity index is 1.78. The van der Waals surface area contributed by atoms with E-state index in [2.05, 4.69) is 12.2 Å². The van der Waals surface area contributed by atoms with E-state index < -0.39 is 0 Å². The van der Waals surface area contributed by atoms with Gasteiger partial charge in [-0.05, 0) is 31.2 Å². The zero-order valence-corrected chi connectivity index (χ0v) is 7.47. The summed E-state index contributed by atoms with van der Waals surface area (Å²) in [6.07, 6.45) is 7.29. The summed E-state index contributed by atoms with van der Waals surface area (Å²) in [6, 6.07) is 0.904. The van der Waals surface area contributed by atoms with Gasteiger partial charge in [0.05, 0.1) is 0 Å². The molecule has 1 saturated heterocycles. The van der Waals surface area contributed by atoms with Crippen LogP contribution in [-0.4, -0.2) is 12.6 Å². The third kappa shape index (κ3) is 1.44. The van der Waals surface area contributed by atoms with Crippen LogP contribution in [-0.2, 0) is 0 Å². The maximum Gasteiger partial charge on any atom is 0.00731 e. The second-order valence-corrected chi connectivity index (χ2v) is 4.24. The van der Waals surface area contributed by atoms with Crippen LogP contribution in [0, 0.1) is 11.8 Å². The zero-order valence-electron chi connectivity index (χ0n) is 7.47. The van der Waals surface area contributed by atoms with Gasteiger partial charge in [-0.15, -0.1) is 0 Å². The molecule has 0 unspecified atom stereocenters. The Morgan fingerprint density at radius 1 is 1.36 bits per heavy atom. The van der Waals surface area contributed by atoms with Crippen molar-refractivity contribution in [3.05, 3.63) is 0 Å². The van der Waals surface area contributed by atoms with Crippen LogP contribution in [0.1, 0.15) is 39.0 Å². The molecule has 11 heavy (non-hydrogen) atoms. The van der Waals surface area contributed by atoms with E-state index in [-0.39, 0.29) is 0 Å². The fourth-order valence-corrected chi connectivity index (χ4v) is 2.77. The summed E-state index contributed by atoms with van der Waals surface area (Å²) in [5.41, 5.74) is 0. The number of hydrogen-bond acceptors (Lipinski definition) is 1. The highest BCUT2D eigenvalue weighted by Crippen LogP contribution is 2.39. The van der Waals surface area contributed by atoms with Crippen molar-refractivity contribution in [2.45, 2.75) is 45.1 Å². The summed E-state index contributed by atoms with van der Waals surface area (Å²) in [5, 5.41) is 3.56. The Kier molecular flexibility index (Phi) is 2.17. The van der Waals surface area contributed by atoms with E-state index in [9.17, 15) is 0 Å². The highest BCUT2D eigenvalue weighted by Gasteiger charge is 2.38. The molecule has 1 aliphatic carbocycles. The zero-order chi connectivity index (χ0) is 7.68. The molecule has 0 aromatic rings. The standard InChI is InChI=1S/C10H19N/c1-2-3-4-8-5-10-6-9(8)7-11-10/h8-11H,2-7H2,1H3/t8-,9+,10-/m1/s1. The van der Waals surface area contributed by atoms with Crippen molar-refractivity contribution in [2.75, 3.05) is 6.54 Å². The molecule has 2 fully saturated rings. The molecule has 1 N–H and O–H groups in total. The molecule has 0 spiro atoms. The molecule has 2 bridgehead atoms. The molecule has 1 heterocycles. The summed E-state index contributed by atoms with van der Waals surface area (Å²) in [7, 11) is 0. The molecule has 1 saturated carbocycles. The average Bonchev–Trinajstić information content (AvgIpc) is 2.60. The van der Waals surface area contributed by atoms with Crippen molar-refractivity contribution in [1.82, 2.24) is 5.32 Å². The second-order valence-electron chi connectivity index (χ2n) is 4.24. The first-order valence-electron chi connectivity index (χ1n) is 5.13. The molecule has 64 valence electrons. The minimum Gasteiger partial charge on any atom is -0.314 e. The van der Waals surface area contributed by atoms with Crippen molar-refractivity contribution in [2.24, 2.45) is 11.8 Å². The lowest BCUT2D eigenvalue weighted by molar-refractivity contribution is 0.323. The maximum atomic E-state index is 3.56. The van der Waals surface area contributed by atoms with Crippen LogP contribution in [0.25, 0.3) is 0 Å². The number of nitrogens with one attached hydrogen (secondary N) is 1. The smallest absolute Gasteiger partial charge is 0.00731 e. The minimum absolute atomic E-state index is 0.904. The van der Waals surface area contributed by atoms with Gasteiger partial charge in [-0.1, -0.05) is 26.2 Å². The lowest BCUT2D eigenvalue weighted by Gasteiger charge is -2.21. The van der Waals surface area contributed by atoms with Crippen molar-refractivity contribution in [1.29, 1.82) is 0 Å². The predicted molar refractivity (Wildman–Crippen MR) is 47.5 cm³/mol. The number of rotatable bonds is 3. The van der Waals surface area contributed by atoms with Crippen molar-refractivity contribution in [3.63, 3.8) is 0 Å². The molecule has 3 atom stereocenters. The summed E-state index contributed by atoms with van der Waals surface area (Å²) in [4.78, 5) is 0. The molecule has 0 aromatic carbocycles. The van der Waals surface area contributed by atoms with E-state index in [0.29, 0.717) is 0 Å². The number of piperidine rings is 1. The monoisotopic (exact) mass is 153 g/mol. The van der Waals surface area contributed by atoms with Gasteiger partial charge in [-0.3, -0.25) is 0 Å². The Hall–Kier alpha value is -0.0400. The van der Waals surface area contributed by atoms with Crippen LogP contribution < -0.4 is 5.32 Å². The molecule has 0 aromatic heterocycles. The Labute approximate surface area is 69.6 Å². The van der Waals surface area contributed by atoms with Gasteiger partial charge in [0.2, 0.25) is 0 Å². The van der Waals surface area contributed by atoms with E-state index in [4.69, 9.17) is 0 Å². The fourth-order valence-electron chi connectivity index (χ4n) is 2.77. The summed E-state index contributed by atoms with van der Waals surface area (Å²) < 4.78 is 0. The molecule has 2 aliphatic rings. The largest absolute Gasteiger partial charge is 0.314 e. The number of hydrogen-bond donors (Lipinski definition) is 1. The Morgan fingerprint density at radius 3 is 2.82 bits per heavy atom. The van der Waals surface area contributed by atoms with Gasteiger partial charge >= 0.3 is 0 Å². The van der Waals surface area contributed by atoms with Crippen LogP contribution in [0.4, 0.5) is 0 Å². The van der Waals surface area contributed by atoms with Crippen molar-refractivity contribution >= 4 is 0 Å². The molecule has 0 amide bonds. The molecular formula is C10H19N. The first-order chi connectivity index (χ1) is 5.40. The van der Waals surface area contributed by atoms with Gasteiger partial charge in [0.1, 0.15) is 0 Å². The van der Waals surface area contributed by atoms with E-state index in [0.717, 1.165) is 17.9 Å². The first-order valence-corrected chi connectivity index (χ1v) is 5.13. The number of fused-ring (bicyclic) bond motifs is 2. The lowest BCUT2D eigenvalue weighted by Crippen LogP contribution is -2.29. The lowest BCUT2D eigenvalue weighted by atomic mass is 9.90. The van der Waals surface area contributed by atoms with Gasteiger partial charge < -0.3 is 5.32 Å². The van der Waals surface area contributed by atoms with Crippen LogP contribution >= 0.6 is 0 Å². The van der Waals surface area contributed by atoms with Gasteiger partial charge in [-0.25, -0.2) is 0 Å². The topological polar surface area (TPSA) is 12.0 Å². The average molecular weight is 153 g/mol. The van der Waals surface area contributed by atoms with Crippen LogP contribution in [0.15, 0.2) is 0 Å². The highest BCUT2D eigenvalue weighted by molar-refractivity contribution is 4.94. The SMILES string of the molecule is CCCC[C@@H]1C[C@@H]2C[C@H]1CN2. The molecule has 1 nitrogen and oxygen atoms in total. The molecule has 0 radical (unpaired) electrons. The number of unbranched alkanes of at least 4 members (excludes halogenated alkanes) is 1. The third-order valence-electron chi connectivity index (χ3n) is 3.44. The van der Waals surface area contributed by atoms with E-state index >= 15 is 0 Å². The van der Waals surface area contributed by atoms with Gasteiger partial charge in [0.25, 0.3) is 0 Å². The molecular weight excluding hydrogens is 134 g/mol. The Morgan fingerprint density at radius 2 is 2.27 bits per heavy atom. The fraction of sp³-hybridized carbons (Fsp3) is 1.00. The highest BCUT2D eigenvalue weighted by atomic mass is 15.0. The maximum absolute atomic E-state index is 3.56. The third-order valence-corrected chi connectivity index (χ3v) is 3.44. The summed E-state index contributed by atoms with van der Waals surface area (Å²) in [5.74, 6) is 2.13. The minimum atomic E-state index is 0.904. The van der Waals surface area contributed by atoms with Gasteiger partial charge in [0.15, 0.2) is 0 Å². The first kappa shape index (κ1) is 7.60. The van der Waals surface area contributed by atoms with Gasteiger partial charge in [0, 0.05) is 6.04 Å². The van der Waals surface area contributed by atoms with E-state index in [1.165, 1.54) is 38.6 Å². The second kappa shape index (κ2) is 3.14. The summed E-state index contributed by atoms with van der Waals surface area (Å²) >= 11 is 0. The van der Waals surface area contributed by atoms with E-state index in [1.807, 2.05) is 0 Å².